The van der Waals surface area contributed by atoms with Gasteiger partial charge in [-0.1, -0.05) is 43.0 Å². The van der Waals surface area contributed by atoms with Gasteiger partial charge in [-0.3, -0.25) is 4.79 Å². The van der Waals surface area contributed by atoms with Gasteiger partial charge in [0.05, 0.1) is 4.91 Å². The quantitative estimate of drug-likeness (QED) is 0.772. The number of sulfone groups is 1. The molecule has 0 aromatic carbocycles. The van der Waals surface area contributed by atoms with Gasteiger partial charge < -0.3 is 5.11 Å². The summed E-state index contributed by atoms with van der Waals surface area (Å²) in [7, 11) is -3.80. The number of hydrogen-bond donors (Lipinski definition) is 1. The summed E-state index contributed by atoms with van der Waals surface area (Å²) in [6.07, 6.45) is 13.1. The minimum Gasteiger partial charge on any atom is -0.480 e. The molecule has 1 rings (SSSR count). The highest BCUT2D eigenvalue weighted by Crippen LogP contribution is 2.11. The molecule has 0 bridgehead atoms. The molecule has 0 saturated heterocycles. The molecule has 0 amide bonds. The van der Waals surface area contributed by atoms with Crippen molar-refractivity contribution in [3.8, 4) is 0 Å². The summed E-state index contributed by atoms with van der Waals surface area (Å²) in [6, 6.07) is 0. The van der Waals surface area contributed by atoms with Gasteiger partial charge in [0.2, 0.25) is 0 Å². The first-order valence-electron chi connectivity index (χ1n) is 5.26. The van der Waals surface area contributed by atoms with Crippen molar-refractivity contribution in [1.82, 2.24) is 0 Å². The van der Waals surface area contributed by atoms with Crippen LogP contribution >= 0.6 is 0 Å². The van der Waals surface area contributed by atoms with Crippen molar-refractivity contribution in [3.63, 3.8) is 0 Å². The van der Waals surface area contributed by atoms with Crippen LogP contribution in [0.25, 0.3) is 0 Å². The topological polar surface area (TPSA) is 71.4 Å². The van der Waals surface area contributed by atoms with Crippen LogP contribution in [0.15, 0.2) is 59.6 Å². The monoisotopic (exact) mass is 266 g/mol. The smallest absolute Gasteiger partial charge is 0.319 e. The number of carbonyl (C=O) groups is 1. The third-order valence-corrected chi connectivity index (χ3v) is 3.78. The van der Waals surface area contributed by atoms with E-state index < -0.39 is 21.6 Å². The molecule has 1 aliphatic rings. The zero-order chi connectivity index (χ0) is 13.6. The molecule has 0 radical (unpaired) electrons. The molecular weight excluding hydrogens is 252 g/mol. The Morgan fingerprint density at radius 2 is 2.17 bits per heavy atom. The van der Waals surface area contributed by atoms with Crippen LogP contribution in [0.5, 0.6) is 0 Å². The zero-order valence-corrected chi connectivity index (χ0v) is 10.6. The lowest BCUT2D eigenvalue weighted by molar-refractivity contribution is -0.134. The maximum Gasteiger partial charge on any atom is 0.319 e. The van der Waals surface area contributed by atoms with Gasteiger partial charge in [0.1, 0.15) is 0 Å². The van der Waals surface area contributed by atoms with Crippen LogP contribution in [-0.4, -0.2) is 25.2 Å². The third kappa shape index (κ3) is 4.55. The van der Waals surface area contributed by atoms with E-state index in [0.717, 1.165) is 12.0 Å². The van der Waals surface area contributed by atoms with Crippen LogP contribution in [0.2, 0.25) is 0 Å². The van der Waals surface area contributed by atoms with Gasteiger partial charge in [-0.2, -0.15) is 0 Å². The van der Waals surface area contributed by atoms with Crippen LogP contribution in [0.1, 0.15) is 6.42 Å². The summed E-state index contributed by atoms with van der Waals surface area (Å²) in [4.78, 5) is 10.2. The summed E-state index contributed by atoms with van der Waals surface area (Å²) < 4.78 is 22.9. The van der Waals surface area contributed by atoms with E-state index in [2.05, 4.69) is 6.58 Å². The fourth-order valence-corrected chi connectivity index (χ4v) is 2.09. The van der Waals surface area contributed by atoms with E-state index in [0.29, 0.717) is 0 Å². The van der Waals surface area contributed by atoms with E-state index in [-0.39, 0.29) is 4.91 Å². The highest BCUT2D eigenvalue weighted by Gasteiger charge is 2.17. The number of aliphatic carboxylic acids is 1. The Bertz CT molecular complexity index is 560. The molecule has 0 atom stereocenters. The average Bonchev–Trinajstić information content (AvgIpc) is 2.28. The fourth-order valence-electron chi connectivity index (χ4n) is 1.29. The van der Waals surface area contributed by atoms with Gasteiger partial charge in [0.15, 0.2) is 15.6 Å². The van der Waals surface area contributed by atoms with E-state index in [1.807, 2.05) is 24.3 Å². The Morgan fingerprint density at radius 3 is 2.72 bits per heavy atom. The molecule has 0 aromatic heterocycles. The predicted molar refractivity (Wildman–Crippen MR) is 70.7 cm³/mol. The number of hydrogen-bond acceptors (Lipinski definition) is 3. The van der Waals surface area contributed by atoms with Crippen LogP contribution < -0.4 is 0 Å². The molecule has 96 valence electrons. The zero-order valence-electron chi connectivity index (χ0n) is 9.74. The second kappa shape index (κ2) is 6.16. The fraction of sp³-hybridized carbons (Fsp3) is 0.154. The van der Waals surface area contributed by atoms with Crippen LogP contribution in [0, 0.1) is 0 Å². The van der Waals surface area contributed by atoms with Gasteiger partial charge in [-0.15, -0.1) is 0 Å². The normalized spacial score (nSPS) is 17.4. The number of allylic oxidation sites excluding steroid dienone is 8. The Morgan fingerprint density at radius 1 is 1.44 bits per heavy atom. The van der Waals surface area contributed by atoms with E-state index in [4.69, 9.17) is 5.11 Å². The molecule has 0 aliphatic heterocycles. The maximum atomic E-state index is 11.4. The summed E-state index contributed by atoms with van der Waals surface area (Å²) >= 11 is 0. The van der Waals surface area contributed by atoms with Crippen LogP contribution in [-0.2, 0) is 14.6 Å². The van der Waals surface area contributed by atoms with Gasteiger partial charge in [0, 0.05) is 0 Å². The molecule has 0 aromatic rings. The van der Waals surface area contributed by atoms with Crippen molar-refractivity contribution in [2.75, 3.05) is 5.75 Å². The molecule has 0 fully saturated rings. The van der Waals surface area contributed by atoms with Crippen molar-refractivity contribution in [3.05, 3.63) is 59.6 Å². The Hall–Kier alpha value is -1.88. The summed E-state index contributed by atoms with van der Waals surface area (Å²) in [5.74, 6) is -2.32. The molecule has 5 heteroatoms. The molecular formula is C13H14O4S. The number of carboxylic acid groups (broad SMARTS) is 1. The average molecular weight is 266 g/mol. The van der Waals surface area contributed by atoms with Crippen molar-refractivity contribution < 1.29 is 18.3 Å². The molecule has 1 N–H and O–H groups in total. The molecule has 0 spiro atoms. The molecule has 18 heavy (non-hydrogen) atoms. The van der Waals surface area contributed by atoms with E-state index in [1.54, 1.807) is 12.2 Å². The molecule has 0 heterocycles. The first kappa shape index (κ1) is 14.2. The second-order valence-corrected chi connectivity index (χ2v) is 5.75. The van der Waals surface area contributed by atoms with Crippen LogP contribution in [0.3, 0.4) is 0 Å². The molecule has 0 unspecified atom stereocenters. The van der Waals surface area contributed by atoms with Crippen molar-refractivity contribution in [1.29, 1.82) is 0 Å². The molecule has 1 aliphatic carbocycles. The van der Waals surface area contributed by atoms with E-state index in [1.165, 1.54) is 6.08 Å². The lowest BCUT2D eigenvalue weighted by Crippen LogP contribution is -2.15. The largest absolute Gasteiger partial charge is 0.480 e. The van der Waals surface area contributed by atoms with Crippen molar-refractivity contribution in [2.45, 2.75) is 6.42 Å². The SMILES string of the molecule is C=C(/C=C\C=C1\C=CC=CC1)S(=O)(=O)CC(=O)O. The minimum absolute atomic E-state index is 0.197. The Labute approximate surface area is 106 Å². The maximum absolute atomic E-state index is 11.4. The predicted octanol–water partition coefficient (Wildman–Crippen LogP) is 2.00. The van der Waals surface area contributed by atoms with E-state index in [9.17, 15) is 13.2 Å². The Kier molecular flexibility index (Phi) is 4.85. The summed E-state index contributed by atoms with van der Waals surface area (Å²) in [6.45, 7) is 3.36. The van der Waals surface area contributed by atoms with Crippen molar-refractivity contribution >= 4 is 15.8 Å². The second-order valence-electron chi connectivity index (χ2n) is 3.71. The van der Waals surface area contributed by atoms with E-state index >= 15 is 0 Å². The first-order chi connectivity index (χ1) is 8.42. The lowest BCUT2D eigenvalue weighted by Gasteiger charge is -2.00. The highest BCUT2D eigenvalue weighted by molar-refractivity contribution is 7.96. The molecule has 4 nitrogen and oxygen atoms in total. The summed E-state index contributed by atoms with van der Waals surface area (Å²) in [5.41, 5.74) is 1.04. The van der Waals surface area contributed by atoms with Gasteiger partial charge in [-0.25, -0.2) is 8.42 Å². The first-order valence-corrected chi connectivity index (χ1v) is 6.91. The lowest BCUT2D eigenvalue weighted by atomic mass is 10.1. The van der Waals surface area contributed by atoms with Gasteiger partial charge >= 0.3 is 5.97 Å². The Balaban J connectivity index is 2.68. The summed E-state index contributed by atoms with van der Waals surface area (Å²) in [5, 5.41) is 8.45. The van der Waals surface area contributed by atoms with Crippen molar-refractivity contribution in [2.24, 2.45) is 0 Å². The van der Waals surface area contributed by atoms with Crippen LogP contribution in [0.4, 0.5) is 0 Å². The number of carboxylic acids is 1. The molecule has 0 saturated carbocycles. The standard InChI is InChI=1S/C13H14O4S/c1-11(18(16,17)10-13(14)15)6-5-9-12-7-3-2-4-8-12/h2-7,9H,1,8,10H2,(H,14,15)/b6-5-,12-9-. The van der Waals surface area contributed by atoms with Gasteiger partial charge in [-0.05, 0) is 18.1 Å². The number of rotatable bonds is 5. The third-order valence-electron chi connectivity index (χ3n) is 2.22. The highest BCUT2D eigenvalue weighted by atomic mass is 32.2. The minimum atomic E-state index is -3.80. The van der Waals surface area contributed by atoms with Gasteiger partial charge in [0.25, 0.3) is 0 Å².